The highest BCUT2D eigenvalue weighted by molar-refractivity contribution is 5.70. The molecule has 6 nitrogen and oxygen atoms in total. The normalized spacial score (nSPS) is 19.6. The highest BCUT2D eigenvalue weighted by atomic mass is 16.6. The van der Waals surface area contributed by atoms with E-state index in [1.807, 2.05) is 20.8 Å². The molecular formula is C14H25NO5. The number of esters is 1. The topological polar surface area (TPSA) is 65.1 Å². The number of amides is 1. The summed E-state index contributed by atoms with van der Waals surface area (Å²) in [4.78, 5) is 24.6. The zero-order chi connectivity index (χ0) is 15.2. The Labute approximate surface area is 120 Å². The van der Waals surface area contributed by atoms with E-state index in [0.717, 1.165) is 12.8 Å². The number of carbonyl (C=O) groups is 2. The summed E-state index contributed by atoms with van der Waals surface area (Å²) >= 11 is 0. The Balaban J connectivity index is 2.35. The van der Waals surface area contributed by atoms with Gasteiger partial charge in [-0.25, -0.2) is 9.59 Å². The second kappa shape index (κ2) is 7.47. The second-order valence-corrected chi connectivity index (χ2v) is 6.03. The van der Waals surface area contributed by atoms with Gasteiger partial charge in [0.05, 0.1) is 13.7 Å². The van der Waals surface area contributed by atoms with Crippen molar-refractivity contribution in [1.29, 1.82) is 0 Å². The highest BCUT2D eigenvalue weighted by Gasteiger charge is 2.27. The molecule has 1 aliphatic heterocycles. The maximum atomic E-state index is 12.0. The first kappa shape index (κ1) is 16.8. The van der Waals surface area contributed by atoms with Gasteiger partial charge in [0.1, 0.15) is 12.2 Å². The number of carbonyl (C=O) groups excluding carboxylic acids is 2. The number of hydrogen-bond donors (Lipinski definition) is 0. The van der Waals surface area contributed by atoms with Crippen LogP contribution in [-0.2, 0) is 19.0 Å². The van der Waals surface area contributed by atoms with E-state index in [9.17, 15) is 9.59 Å². The van der Waals surface area contributed by atoms with Gasteiger partial charge in [-0.15, -0.1) is 0 Å². The van der Waals surface area contributed by atoms with Crippen LogP contribution in [0, 0.1) is 5.92 Å². The third-order valence-corrected chi connectivity index (χ3v) is 2.97. The first-order valence-corrected chi connectivity index (χ1v) is 6.94. The van der Waals surface area contributed by atoms with Crippen molar-refractivity contribution in [2.24, 2.45) is 5.92 Å². The number of methoxy groups -OCH3 is 1. The fourth-order valence-electron chi connectivity index (χ4n) is 2.06. The molecule has 0 spiro atoms. The lowest BCUT2D eigenvalue weighted by Gasteiger charge is -2.33. The van der Waals surface area contributed by atoms with E-state index in [1.165, 1.54) is 7.11 Å². The highest BCUT2D eigenvalue weighted by Crippen LogP contribution is 2.19. The van der Waals surface area contributed by atoms with Crippen molar-refractivity contribution in [2.45, 2.75) is 39.2 Å². The fourth-order valence-corrected chi connectivity index (χ4v) is 2.06. The van der Waals surface area contributed by atoms with E-state index in [-0.39, 0.29) is 24.6 Å². The molecule has 0 radical (unpaired) electrons. The Morgan fingerprint density at radius 3 is 2.60 bits per heavy atom. The van der Waals surface area contributed by atoms with Crippen LogP contribution in [0.2, 0.25) is 0 Å². The van der Waals surface area contributed by atoms with Crippen LogP contribution >= 0.6 is 0 Å². The molecule has 20 heavy (non-hydrogen) atoms. The molecule has 6 heteroatoms. The van der Waals surface area contributed by atoms with Crippen molar-refractivity contribution in [3.05, 3.63) is 0 Å². The summed E-state index contributed by atoms with van der Waals surface area (Å²) in [6, 6.07) is 0. The number of rotatable bonds is 4. The Hall–Kier alpha value is -1.30. The SMILES string of the molecule is COC(=O)COCC1CCCN(C(=O)OC(C)(C)C)C1. The van der Waals surface area contributed by atoms with Crippen molar-refractivity contribution in [2.75, 3.05) is 33.4 Å². The predicted molar refractivity (Wildman–Crippen MR) is 73.4 cm³/mol. The zero-order valence-electron chi connectivity index (χ0n) is 12.8. The van der Waals surface area contributed by atoms with Gasteiger partial charge in [0.2, 0.25) is 0 Å². The van der Waals surface area contributed by atoms with Crippen LogP contribution < -0.4 is 0 Å². The molecule has 1 saturated heterocycles. The monoisotopic (exact) mass is 287 g/mol. The molecule has 1 heterocycles. The van der Waals surface area contributed by atoms with Crippen LogP contribution in [0.1, 0.15) is 33.6 Å². The van der Waals surface area contributed by atoms with Gasteiger partial charge in [-0.2, -0.15) is 0 Å². The average Bonchev–Trinajstić information content (AvgIpc) is 2.37. The number of likely N-dealkylation sites (tertiary alicyclic amines) is 1. The summed E-state index contributed by atoms with van der Waals surface area (Å²) < 4.78 is 15.2. The van der Waals surface area contributed by atoms with E-state index in [0.29, 0.717) is 19.7 Å². The van der Waals surface area contributed by atoms with Crippen LogP contribution in [0.15, 0.2) is 0 Å². The number of ether oxygens (including phenoxy) is 3. The lowest BCUT2D eigenvalue weighted by atomic mass is 9.99. The molecule has 116 valence electrons. The van der Waals surface area contributed by atoms with Crippen molar-refractivity contribution < 1.29 is 23.8 Å². The Bertz CT molecular complexity index is 337. The van der Waals surface area contributed by atoms with Gasteiger partial charge in [0.25, 0.3) is 0 Å². The van der Waals surface area contributed by atoms with E-state index >= 15 is 0 Å². The van der Waals surface area contributed by atoms with Crippen LogP contribution in [0.4, 0.5) is 4.79 Å². The quantitative estimate of drug-likeness (QED) is 0.738. The van der Waals surface area contributed by atoms with E-state index in [2.05, 4.69) is 4.74 Å². The molecule has 0 N–H and O–H groups in total. The van der Waals surface area contributed by atoms with Crippen LogP contribution in [0.25, 0.3) is 0 Å². The Morgan fingerprint density at radius 1 is 1.30 bits per heavy atom. The first-order chi connectivity index (χ1) is 9.31. The van der Waals surface area contributed by atoms with Gasteiger partial charge in [-0.3, -0.25) is 0 Å². The zero-order valence-corrected chi connectivity index (χ0v) is 12.8. The van der Waals surface area contributed by atoms with Crippen molar-refractivity contribution in [1.82, 2.24) is 4.90 Å². The lowest BCUT2D eigenvalue weighted by Crippen LogP contribution is -2.43. The van der Waals surface area contributed by atoms with Gasteiger partial charge < -0.3 is 19.1 Å². The predicted octanol–water partition coefficient (Wildman–Crippen LogP) is 1.82. The molecule has 0 aromatic rings. The Kier molecular flexibility index (Phi) is 6.26. The third-order valence-electron chi connectivity index (χ3n) is 2.97. The molecule has 1 rings (SSSR count). The molecule has 1 amide bonds. The molecule has 1 aliphatic rings. The first-order valence-electron chi connectivity index (χ1n) is 6.94. The number of piperidine rings is 1. The molecule has 1 unspecified atom stereocenters. The average molecular weight is 287 g/mol. The number of nitrogens with zero attached hydrogens (tertiary/aromatic N) is 1. The molecule has 1 atom stereocenters. The minimum Gasteiger partial charge on any atom is -0.467 e. The third kappa shape index (κ3) is 6.23. The standard InChI is InChI=1S/C14H25NO5/c1-14(2,3)20-13(17)15-7-5-6-11(8-15)9-19-10-12(16)18-4/h11H,5-10H2,1-4H3. The van der Waals surface area contributed by atoms with Gasteiger partial charge in [0.15, 0.2) is 0 Å². The molecular weight excluding hydrogens is 262 g/mol. The Morgan fingerprint density at radius 2 is 2.00 bits per heavy atom. The summed E-state index contributed by atoms with van der Waals surface area (Å²) in [7, 11) is 1.33. The maximum absolute atomic E-state index is 12.0. The molecule has 0 aromatic carbocycles. The summed E-state index contributed by atoms with van der Waals surface area (Å²) in [6.45, 7) is 7.29. The minimum absolute atomic E-state index is 0.0422. The smallest absolute Gasteiger partial charge is 0.410 e. The van der Waals surface area contributed by atoms with Crippen LogP contribution in [0.5, 0.6) is 0 Å². The molecule has 0 aromatic heterocycles. The van der Waals surface area contributed by atoms with E-state index < -0.39 is 5.60 Å². The van der Waals surface area contributed by atoms with Gasteiger partial charge in [-0.1, -0.05) is 0 Å². The lowest BCUT2D eigenvalue weighted by molar-refractivity contribution is -0.146. The summed E-state index contributed by atoms with van der Waals surface area (Å²) in [6.07, 6.45) is 1.63. The van der Waals surface area contributed by atoms with E-state index in [4.69, 9.17) is 9.47 Å². The second-order valence-electron chi connectivity index (χ2n) is 6.03. The van der Waals surface area contributed by atoms with Crippen molar-refractivity contribution in [3.63, 3.8) is 0 Å². The fraction of sp³-hybridized carbons (Fsp3) is 0.857. The van der Waals surface area contributed by atoms with Crippen LogP contribution in [-0.4, -0.2) is 56.0 Å². The van der Waals surface area contributed by atoms with Crippen molar-refractivity contribution >= 4 is 12.1 Å². The van der Waals surface area contributed by atoms with Gasteiger partial charge >= 0.3 is 12.1 Å². The van der Waals surface area contributed by atoms with E-state index in [1.54, 1.807) is 4.90 Å². The van der Waals surface area contributed by atoms with Gasteiger partial charge in [0, 0.05) is 19.0 Å². The summed E-state index contributed by atoms with van der Waals surface area (Å²) in [5.74, 6) is -0.147. The van der Waals surface area contributed by atoms with Crippen LogP contribution in [0.3, 0.4) is 0 Å². The van der Waals surface area contributed by atoms with Gasteiger partial charge in [-0.05, 0) is 33.6 Å². The summed E-state index contributed by atoms with van der Waals surface area (Å²) in [5.41, 5.74) is -0.481. The maximum Gasteiger partial charge on any atom is 0.410 e. The molecule has 0 saturated carbocycles. The molecule has 1 fully saturated rings. The molecule has 0 aliphatic carbocycles. The largest absolute Gasteiger partial charge is 0.467 e. The molecule has 0 bridgehead atoms. The minimum atomic E-state index is -0.481. The number of hydrogen-bond acceptors (Lipinski definition) is 5. The van der Waals surface area contributed by atoms with Crippen molar-refractivity contribution in [3.8, 4) is 0 Å². The summed E-state index contributed by atoms with van der Waals surface area (Å²) in [5, 5.41) is 0.